The van der Waals surface area contributed by atoms with E-state index in [0.29, 0.717) is 17.5 Å². The van der Waals surface area contributed by atoms with Gasteiger partial charge in [0.25, 0.3) is 0 Å². The number of hydrogen-bond acceptors (Lipinski definition) is 4. The predicted molar refractivity (Wildman–Crippen MR) is 76.3 cm³/mol. The average molecular weight is 289 g/mol. The van der Waals surface area contributed by atoms with Crippen LogP contribution < -0.4 is 5.32 Å². The lowest BCUT2D eigenvalue weighted by molar-refractivity contribution is -0.140. The number of carbonyl (C=O) groups is 2. The number of amides is 2. The Labute approximate surface area is 118 Å². The van der Waals surface area contributed by atoms with E-state index in [1.54, 1.807) is 0 Å². The van der Waals surface area contributed by atoms with Gasteiger partial charge >= 0.3 is 12.0 Å². The summed E-state index contributed by atoms with van der Waals surface area (Å²) < 4.78 is 0. The van der Waals surface area contributed by atoms with Gasteiger partial charge in [0, 0.05) is 18.3 Å². The summed E-state index contributed by atoms with van der Waals surface area (Å²) in [5, 5.41) is 12.0. The van der Waals surface area contributed by atoms with Gasteiger partial charge in [0.2, 0.25) is 0 Å². The molecule has 1 fully saturated rings. The van der Waals surface area contributed by atoms with E-state index in [4.69, 9.17) is 5.11 Å². The number of thioether (sulfide) groups is 1. The van der Waals surface area contributed by atoms with Gasteiger partial charge in [0.05, 0.1) is 5.88 Å². The van der Waals surface area contributed by atoms with E-state index in [2.05, 4.69) is 5.32 Å². The molecule has 0 spiro atoms. The number of carbonyl (C=O) groups excluding carboxylic acids is 1. The first-order valence-corrected chi connectivity index (χ1v) is 7.50. The summed E-state index contributed by atoms with van der Waals surface area (Å²) in [6, 6.07) is -0.974. The Morgan fingerprint density at radius 2 is 2.11 bits per heavy atom. The number of urea groups is 1. The highest BCUT2D eigenvalue weighted by molar-refractivity contribution is 7.99. The van der Waals surface area contributed by atoms with E-state index in [-0.39, 0.29) is 12.1 Å². The lowest BCUT2D eigenvalue weighted by Gasteiger charge is -2.29. The molecule has 0 aliphatic carbocycles. The van der Waals surface area contributed by atoms with E-state index in [9.17, 15) is 9.59 Å². The number of likely N-dealkylation sites (N-methyl/N-ethyl adjacent to an activating group) is 1. The Hall–Kier alpha value is -0.950. The fourth-order valence-corrected chi connectivity index (χ4v) is 3.05. The molecule has 6 nitrogen and oxygen atoms in total. The Balaban J connectivity index is 2.63. The predicted octanol–water partition coefficient (Wildman–Crippen LogP) is 0.742. The Morgan fingerprint density at radius 3 is 2.58 bits per heavy atom. The van der Waals surface area contributed by atoms with E-state index in [0.717, 1.165) is 6.54 Å². The Bertz CT molecular complexity index is 336. The van der Waals surface area contributed by atoms with Crippen molar-refractivity contribution >= 4 is 23.8 Å². The van der Waals surface area contributed by atoms with E-state index in [1.165, 1.54) is 16.7 Å². The standard InChI is InChI=1S/C12H23N3O3S/c1-8(2)9(5-14(3)4)13-12(18)15-7-19-6-10(15)11(16)17/h8-10H,5-7H2,1-4H3,(H,13,18)(H,16,17)/t9?,10-/m0/s1. The summed E-state index contributed by atoms with van der Waals surface area (Å²) in [4.78, 5) is 26.7. The van der Waals surface area contributed by atoms with E-state index in [1.807, 2.05) is 32.8 Å². The number of nitrogens with one attached hydrogen (secondary N) is 1. The first-order chi connectivity index (χ1) is 8.82. The van der Waals surface area contributed by atoms with Gasteiger partial charge in [0.15, 0.2) is 0 Å². The largest absolute Gasteiger partial charge is 0.480 e. The smallest absolute Gasteiger partial charge is 0.327 e. The zero-order chi connectivity index (χ0) is 14.6. The Kier molecular flexibility index (Phi) is 5.93. The van der Waals surface area contributed by atoms with Crippen molar-refractivity contribution < 1.29 is 14.7 Å². The van der Waals surface area contributed by atoms with Crippen LogP contribution in [-0.2, 0) is 4.79 Å². The third-order valence-electron chi connectivity index (χ3n) is 3.10. The van der Waals surface area contributed by atoms with Crippen molar-refractivity contribution in [3.05, 3.63) is 0 Å². The van der Waals surface area contributed by atoms with Gasteiger partial charge in [-0.15, -0.1) is 11.8 Å². The van der Waals surface area contributed by atoms with Crippen molar-refractivity contribution in [2.24, 2.45) is 5.92 Å². The van der Waals surface area contributed by atoms with Crippen molar-refractivity contribution in [3.63, 3.8) is 0 Å². The van der Waals surface area contributed by atoms with Crippen LogP contribution in [0.25, 0.3) is 0 Å². The van der Waals surface area contributed by atoms with Crippen LogP contribution in [-0.4, -0.2) is 71.3 Å². The molecule has 1 heterocycles. The van der Waals surface area contributed by atoms with Crippen LogP contribution >= 0.6 is 11.8 Å². The van der Waals surface area contributed by atoms with Crippen LogP contribution in [0.5, 0.6) is 0 Å². The van der Waals surface area contributed by atoms with Crippen LogP contribution in [0.4, 0.5) is 4.79 Å². The molecule has 0 aromatic rings. The minimum absolute atomic E-state index is 0.0162. The first kappa shape index (κ1) is 16.1. The number of nitrogens with zero attached hydrogens (tertiary/aromatic N) is 2. The topological polar surface area (TPSA) is 72.9 Å². The van der Waals surface area contributed by atoms with Gasteiger partial charge in [-0.25, -0.2) is 9.59 Å². The lowest BCUT2D eigenvalue weighted by atomic mass is 10.0. The molecule has 1 unspecified atom stereocenters. The van der Waals surface area contributed by atoms with Gasteiger partial charge in [-0.2, -0.15) is 0 Å². The highest BCUT2D eigenvalue weighted by Gasteiger charge is 2.35. The monoisotopic (exact) mass is 289 g/mol. The quantitative estimate of drug-likeness (QED) is 0.781. The summed E-state index contributed by atoms with van der Waals surface area (Å²) in [5.41, 5.74) is 0. The van der Waals surface area contributed by atoms with Crippen molar-refractivity contribution in [2.75, 3.05) is 32.3 Å². The van der Waals surface area contributed by atoms with E-state index >= 15 is 0 Å². The van der Waals surface area contributed by atoms with Gasteiger partial charge < -0.3 is 20.2 Å². The SMILES string of the molecule is CC(C)C(CN(C)C)NC(=O)N1CSC[C@H]1C(=O)O. The van der Waals surface area contributed by atoms with Crippen molar-refractivity contribution in [3.8, 4) is 0 Å². The maximum atomic E-state index is 12.2. The molecule has 1 saturated heterocycles. The molecular formula is C12H23N3O3S. The maximum absolute atomic E-state index is 12.2. The average Bonchev–Trinajstić information content (AvgIpc) is 2.76. The van der Waals surface area contributed by atoms with E-state index < -0.39 is 12.0 Å². The summed E-state index contributed by atoms with van der Waals surface area (Å²) in [6.45, 7) is 4.83. The number of aliphatic carboxylic acids is 1. The molecular weight excluding hydrogens is 266 g/mol. The van der Waals surface area contributed by atoms with Gasteiger partial charge in [-0.05, 0) is 20.0 Å². The van der Waals surface area contributed by atoms with Gasteiger partial charge in [-0.3, -0.25) is 0 Å². The van der Waals surface area contributed by atoms with Crippen molar-refractivity contribution in [2.45, 2.75) is 25.9 Å². The van der Waals surface area contributed by atoms with Gasteiger partial charge in [0.1, 0.15) is 6.04 Å². The number of carboxylic acids is 1. The molecule has 1 aliphatic heterocycles. The van der Waals surface area contributed by atoms with Crippen LogP contribution in [0.1, 0.15) is 13.8 Å². The van der Waals surface area contributed by atoms with Crippen molar-refractivity contribution in [1.29, 1.82) is 0 Å². The second-order valence-electron chi connectivity index (χ2n) is 5.39. The summed E-state index contributed by atoms with van der Waals surface area (Å²) in [6.07, 6.45) is 0. The molecule has 2 N–H and O–H groups in total. The Morgan fingerprint density at radius 1 is 1.47 bits per heavy atom. The second kappa shape index (κ2) is 7.00. The molecule has 0 aromatic carbocycles. The third-order valence-corrected chi connectivity index (χ3v) is 4.12. The first-order valence-electron chi connectivity index (χ1n) is 6.35. The summed E-state index contributed by atoms with van der Waals surface area (Å²) >= 11 is 1.47. The molecule has 110 valence electrons. The molecule has 2 amide bonds. The zero-order valence-corrected chi connectivity index (χ0v) is 12.7. The molecule has 1 aliphatic rings. The van der Waals surface area contributed by atoms with Crippen LogP contribution in [0.2, 0.25) is 0 Å². The summed E-state index contributed by atoms with van der Waals surface area (Å²) in [7, 11) is 3.90. The molecule has 7 heteroatoms. The van der Waals surface area contributed by atoms with Crippen LogP contribution in [0.15, 0.2) is 0 Å². The molecule has 1 rings (SSSR count). The molecule has 19 heavy (non-hydrogen) atoms. The zero-order valence-electron chi connectivity index (χ0n) is 11.9. The minimum atomic E-state index is -0.936. The number of hydrogen-bond donors (Lipinski definition) is 2. The summed E-state index contributed by atoms with van der Waals surface area (Å²) in [5.74, 6) is 0.261. The minimum Gasteiger partial charge on any atom is -0.480 e. The highest BCUT2D eigenvalue weighted by Crippen LogP contribution is 2.21. The fraction of sp³-hybridized carbons (Fsp3) is 0.833. The molecule has 2 atom stereocenters. The number of carboxylic acid groups (broad SMARTS) is 1. The molecule has 0 aromatic heterocycles. The molecule has 0 saturated carbocycles. The van der Waals surface area contributed by atoms with Crippen LogP contribution in [0, 0.1) is 5.92 Å². The fourth-order valence-electron chi connectivity index (χ4n) is 1.91. The molecule has 0 bridgehead atoms. The highest BCUT2D eigenvalue weighted by atomic mass is 32.2. The lowest BCUT2D eigenvalue weighted by Crippen LogP contribution is -2.53. The normalized spacial score (nSPS) is 20.9. The van der Waals surface area contributed by atoms with Crippen molar-refractivity contribution in [1.82, 2.24) is 15.1 Å². The van der Waals surface area contributed by atoms with Crippen LogP contribution in [0.3, 0.4) is 0 Å². The maximum Gasteiger partial charge on any atom is 0.327 e. The second-order valence-corrected chi connectivity index (χ2v) is 6.39. The van der Waals surface area contributed by atoms with Gasteiger partial charge in [-0.1, -0.05) is 13.8 Å². The third kappa shape index (κ3) is 4.58. The number of rotatable bonds is 5. The molecule has 0 radical (unpaired) electrons.